The van der Waals surface area contributed by atoms with Crippen molar-refractivity contribution in [3.63, 3.8) is 0 Å². The average molecular weight is 327 g/mol. The van der Waals surface area contributed by atoms with Gasteiger partial charge >= 0.3 is 0 Å². The molecule has 122 valence electrons. The summed E-state index contributed by atoms with van der Waals surface area (Å²) in [5, 5.41) is 0. The third kappa shape index (κ3) is 4.41. The number of nitrogens with zero attached hydrogens (tertiary/aromatic N) is 2. The highest BCUT2D eigenvalue weighted by atomic mass is 32.2. The number of carbonyl (C=O) groups excluding carboxylic acids is 1. The van der Waals surface area contributed by atoms with Crippen molar-refractivity contribution < 1.29 is 13.2 Å². The predicted molar refractivity (Wildman–Crippen MR) is 83.2 cm³/mol. The van der Waals surface area contributed by atoms with Crippen molar-refractivity contribution in [2.24, 2.45) is 13.0 Å². The number of hydrogen-bond acceptors (Lipinski definition) is 4. The third-order valence-electron chi connectivity index (χ3n) is 3.79. The van der Waals surface area contributed by atoms with E-state index < -0.39 is 10.0 Å². The van der Waals surface area contributed by atoms with Crippen LogP contribution in [0.5, 0.6) is 0 Å². The summed E-state index contributed by atoms with van der Waals surface area (Å²) < 4.78 is 26.2. The Hall–Kier alpha value is -1.67. The van der Waals surface area contributed by atoms with E-state index >= 15 is 0 Å². The summed E-state index contributed by atoms with van der Waals surface area (Å²) >= 11 is 0. The lowest BCUT2D eigenvalue weighted by Crippen LogP contribution is -2.43. The molecule has 1 N–H and O–H groups in total. The van der Waals surface area contributed by atoms with E-state index in [0.717, 1.165) is 19.1 Å². The van der Waals surface area contributed by atoms with Gasteiger partial charge in [-0.15, -0.1) is 0 Å². The molecular formula is C14H21N3O4S. The van der Waals surface area contributed by atoms with Crippen LogP contribution in [-0.2, 0) is 17.1 Å². The molecule has 0 radical (unpaired) electrons. The van der Waals surface area contributed by atoms with E-state index in [2.05, 4.69) is 4.72 Å². The number of pyridine rings is 1. The van der Waals surface area contributed by atoms with E-state index in [9.17, 15) is 18.0 Å². The third-order valence-corrected chi connectivity index (χ3v) is 4.48. The Morgan fingerprint density at radius 1 is 1.45 bits per heavy atom. The highest BCUT2D eigenvalue weighted by Gasteiger charge is 2.25. The lowest BCUT2D eigenvalue weighted by atomic mass is 9.98. The van der Waals surface area contributed by atoms with Crippen LogP contribution in [0, 0.1) is 5.92 Å². The van der Waals surface area contributed by atoms with Gasteiger partial charge in [-0.25, -0.2) is 13.1 Å². The monoisotopic (exact) mass is 327 g/mol. The molecule has 1 saturated heterocycles. The largest absolute Gasteiger partial charge is 0.338 e. The number of carbonyl (C=O) groups is 1. The van der Waals surface area contributed by atoms with E-state index in [1.54, 1.807) is 24.2 Å². The van der Waals surface area contributed by atoms with Gasteiger partial charge in [0, 0.05) is 44.5 Å². The van der Waals surface area contributed by atoms with Crippen molar-refractivity contribution in [1.82, 2.24) is 14.2 Å². The molecule has 8 heteroatoms. The van der Waals surface area contributed by atoms with Crippen LogP contribution >= 0.6 is 0 Å². The highest BCUT2D eigenvalue weighted by molar-refractivity contribution is 7.88. The average Bonchev–Trinajstić information content (AvgIpc) is 2.47. The molecule has 0 aliphatic carbocycles. The maximum atomic E-state index is 12.4. The zero-order valence-electron chi connectivity index (χ0n) is 12.8. The Morgan fingerprint density at radius 3 is 2.82 bits per heavy atom. The highest BCUT2D eigenvalue weighted by Crippen LogP contribution is 2.18. The fraction of sp³-hybridized carbons (Fsp3) is 0.571. The van der Waals surface area contributed by atoms with Crippen molar-refractivity contribution in [3.05, 3.63) is 34.2 Å². The summed E-state index contributed by atoms with van der Waals surface area (Å²) in [6.07, 6.45) is 4.40. The number of aryl methyl sites for hydroxylation is 1. The summed E-state index contributed by atoms with van der Waals surface area (Å²) in [5.74, 6) is -0.0827. The lowest BCUT2D eigenvalue weighted by molar-refractivity contribution is 0.0676. The molecule has 0 aromatic carbocycles. The zero-order chi connectivity index (χ0) is 16.3. The molecule has 1 aliphatic rings. The molecule has 0 unspecified atom stereocenters. The second-order valence-corrected chi connectivity index (χ2v) is 7.58. The van der Waals surface area contributed by atoms with Crippen LogP contribution < -0.4 is 10.3 Å². The number of nitrogens with one attached hydrogen (secondary N) is 1. The quantitative estimate of drug-likeness (QED) is 0.828. The van der Waals surface area contributed by atoms with Gasteiger partial charge in [-0.1, -0.05) is 0 Å². The summed E-state index contributed by atoms with van der Waals surface area (Å²) in [7, 11) is -1.59. The van der Waals surface area contributed by atoms with E-state index in [-0.39, 0.29) is 17.4 Å². The van der Waals surface area contributed by atoms with Gasteiger partial charge in [0.2, 0.25) is 10.0 Å². The molecular weight excluding hydrogens is 306 g/mol. The smallest absolute Gasteiger partial charge is 0.254 e. The number of hydrogen-bond donors (Lipinski definition) is 1. The second kappa shape index (κ2) is 6.62. The van der Waals surface area contributed by atoms with E-state index in [1.165, 1.54) is 10.6 Å². The van der Waals surface area contributed by atoms with Crippen LogP contribution in [0.4, 0.5) is 0 Å². The molecule has 0 saturated carbocycles. The molecule has 7 nitrogen and oxygen atoms in total. The summed E-state index contributed by atoms with van der Waals surface area (Å²) in [6, 6.07) is 2.96. The van der Waals surface area contributed by atoms with Crippen molar-refractivity contribution >= 4 is 15.9 Å². The number of amides is 1. The van der Waals surface area contributed by atoms with Crippen molar-refractivity contribution in [2.45, 2.75) is 12.8 Å². The predicted octanol–water partition coefficient (Wildman–Crippen LogP) is -0.213. The molecule has 1 aliphatic heterocycles. The second-order valence-electron chi connectivity index (χ2n) is 5.74. The van der Waals surface area contributed by atoms with Crippen LogP contribution in [0.3, 0.4) is 0 Å². The SMILES string of the molecule is Cn1ccc(C(=O)N2CCC[C@H](CNS(C)(=O)=O)C2)cc1=O. The lowest BCUT2D eigenvalue weighted by Gasteiger charge is -2.32. The number of aromatic nitrogens is 1. The summed E-state index contributed by atoms with van der Waals surface area (Å²) in [5.41, 5.74) is 0.151. The molecule has 1 aromatic heterocycles. The number of likely N-dealkylation sites (tertiary alicyclic amines) is 1. The molecule has 1 atom stereocenters. The van der Waals surface area contributed by atoms with Crippen molar-refractivity contribution in [3.8, 4) is 0 Å². The summed E-state index contributed by atoms with van der Waals surface area (Å²) in [4.78, 5) is 25.8. The Balaban J connectivity index is 2.03. The van der Waals surface area contributed by atoms with E-state index in [4.69, 9.17) is 0 Å². The van der Waals surface area contributed by atoms with Gasteiger partial charge in [-0.2, -0.15) is 0 Å². The minimum atomic E-state index is -3.22. The Labute approximate surface area is 130 Å². The first-order valence-corrected chi connectivity index (χ1v) is 9.06. The number of sulfonamides is 1. The normalized spacial score (nSPS) is 19.2. The maximum Gasteiger partial charge on any atom is 0.254 e. The van der Waals surface area contributed by atoms with E-state index in [0.29, 0.717) is 25.2 Å². The molecule has 0 spiro atoms. The topological polar surface area (TPSA) is 88.5 Å². The first-order valence-electron chi connectivity index (χ1n) is 7.17. The van der Waals surface area contributed by atoms with Crippen LogP contribution in [0.2, 0.25) is 0 Å². The van der Waals surface area contributed by atoms with E-state index in [1.807, 2.05) is 0 Å². The molecule has 0 bridgehead atoms. The molecule has 2 heterocycles. The first-order chi connectivity index (χ1) is 10.3. The zero-order valence-corrected chi connectivity index (χ0v) is 13.6. The maximum absolute atomic E-state index is 12.4. The number of rotatable bonds is 4. The van der Waals surface area contributed by atoms with Crippen LogP contribution in [0.25, 0.3) is 0 Å². The Morgan fingerprint density at radius 2 is 2.18 bits per heavy atom. The van der Waals surface area contributed by atoms with Crippen LogP contribution in [0.1, 0.15) is 23.2 Å². The van der Waals surface area contributed by atoms with Gasteiger partial charge in [0.1, 0.15) is 0 Å². The summed E-state index contributed by atoms with van der Waals surface area (Å²) in [6.45, 7) is 1.46. The molecule has 1 amide bonds. The number of piperidine rings is 1. The van der Waals surface area contributed by atoms with Gasteiger partial charge < -0.3 is 9.47 Å². The van der Waals surface area contributed by atoms with Crippen molar-refractivity contribution in [1.29, 1.82) is 0 Å². The van der Waals surface area contributed by atoms with Gasteiger partial charge in [0.25, 0.3) is 11.5 Å². The fourth-order valence-electron chi connectivity index (χ4n) is 2.55. The van der Waals surface area contributed by atoms with Gasteiger partial charge in [-0.3, -0.25) is 9.59 Å². The Bertz CT molecular complexity index is 711. The fourth-order valence-corrected chi connectivity index (χ4v) is 3.09. The Kier molecular flexibility index (Phi) is 5.02. The molecule has 1 aromatic rings. The van der Waals surface area contributed by atoms with Crippen molar-refractivity contribution in [2.75, 3.05) is 25.9 Å². The van der Waals surface area contributed by atoms with Crippen LogP contribution in [0.15, 0.2) is 23.1 Å². The minimum absolute atomic E-state index is 0.0963. The standard InChI is InChI=1S/C14H21N3O4S/c1-16-7-5-12(8-13(16)18)14(19)17-6-3-4-11(10-17)9-15-22(2,20)21/h5,7-8,11,15H,3-4,6,9-10H2,1-2H3/t11-/m1/s1. The van der Waals surface area contributed by atoms with Gasteiger partial charge in [-0.05, 0) is 24.8 Å². The molecule has 22 heavy (non-hydrogen) atoms. The molecule has 2 rings (SSSR count). The van der Waals surface area contributed by atoms with Gasteiger partial charge in [0.05, 0.1) is 6.26 Å². The van der Waals surface area contributed by atoms with Crippen LogP contribution in [-0.4, -0.2) is 49.7 Å². The molecule has 1 fully saturated rings. The minimum Gasteiger partial charge on any atom is -0.338 e. The van der Waals surface area contributed by atoms with Gasteiger partial charge in [0.15, 0.2) is 0 Å². The first kappa shape index (κ1) is 16.7.